The molecule has 0 N–H and O–H groups in total. The molecule has 2 heterocycles. The van der Waals surface area contributed by atoms with Crippen molar-refractivity contribution in [2.24, 2.45) is 0 Å². The van der Waals surface area contributed by atoms with Crippen molar-refractivity contribution >= 4 is 11.8 Å². The van der Waals surface area contributed by atoms with Gasteiger partial charge in [-0.1, -0.05) is 18.5 Å². The van der Waals surface area contributed by atoms with E-state index in [1.807, 2.05) is 0 Å². The molecule has 0 unspecified atom stereocenters. The van der Waals surface area contributed by atoms with Crippen LogP contribution in [0.15, 0.2) is 42.6 Å². The molecule has 2 aromatic heterocycles. The maximum absolute atomic E-state index is 12.3. The number of nitrogens with zero attached hydrogens (tertiary/aromatic N) is 4. The maximum atomic E-state index is 12.3. The van der Waals surface area contributed by atoms with Crippen molar-refractivity contribution in [1.29, 1.82) is 0 Å². The topological polar surface area (TPSA) is 78.4 Å². The average Bonchev–Trinajstić information content (AvgIpc) is 2.58. The lowest BCUT2D eigenvalue weighted by Crippen LogP contribution is -2.34. The molecule has 2 amide bonds. The monoisotopic (exact) mass is 314 g/mol. The first-order chi connectivity index (χ1) is 11.2. The number of hydrogen-bond acceptors (Lipinski definition) is 5. The van der Waals surface area contributed by atoms with Crippen molar-refractivity contribution in [2.45, 2.75) is 13.2 Å². The first-order valence-electron chi connectivity index (χ1n) is 6.97. The van der Waals surface area contributed by atoms with Gasteiger partial charge < -0.3 is 23.8 Å². The van der Waals surface area contributed by atoms with Crippen LogP contribution in [0, 0.1) is 6.54 Å². The van der Waals surface area contributed by atoms with Crippen molar-refractivity contribution in [2.75, 3.05) is 14.2 Å². The standard InChI is InChI=1S/C16H19N4O3/c1-4-20(16(21)19-13-9-5-6-11-17-13)14-10-7-8-12(18-14)15(22-2)23-3/h4-11,15H,1-3H3,(H,17,19,21)/q-1/p-1. The van der Waals surface area contributed by atoms with Crippen LogP contribution >= 0.6 is 0 Å². The molecule has 0 saturated heterocycles. The fourth-order valence-corrected chi connectivity index (χ4v) is 1.96. The predicted molar refractivity (Wildman–Crippen MR) is 84.5 cm³/mol. The summed E-state index contributed by atoms with van der Waals surface area (Å²) in [6.45, 7) is 3.32. The summed E-state index contributed by atoms with van der Waals surface area (Å²) in [5, 5.41) is 3.96. The van der Waals surface area contributed by atoms with E-state index in [0.29, 0.717) is 17.0 Å². The molecule has 7 heteroatoms. The molecule has 7 nitrogen and oxygen atoms in total. The minimum absolute atomic E-state index is 0.340. The zero-order chi connectivity index (χ0) is 16.7. The molecule has 0 bridgehead atoms. The van der Waals surface area contributed by atoms with Gasteiger partial charge in [0.25, 0.3) is 0 Å². The van der Waals surface area contributed by atoms with Crippen LogP contribution in [0.1, 0.15) is 18.9 Å². The fraction of sp³-hybridized carbons (Fsp3) is 0.250. The van der Waals surface area contributed by atoms with Crippen LogP contribution in [-0.4, -0.2) is 30.2 Å². The Morgan fingerprint density at radius 1 is 1.35 bits per heavy atom. The van der Waals surface area contributed by atoms with E-state index in [0.717, 1.165) is 0 Å². The van der Waals surface area contributed by atoms with Gasteiger partial charge in [0.05, 0.1) is 0 Å². The largest absolute Gasteiger partial charge is 0.431 e. The Morgan fingerprint density at radius 3 is 2.74 bits per heavy atom. The van der Waals surface area contributed by atoms with Gasteiger partial charge in [0.1, 0.15) is 5.82 Å². The molecule has 0 aliphatic heterocycles. The normalized spacial score (nSPS) is 12.0. The summed E-state index contributed by atoms with van der Waals surface area (Å²) < 4.78 is 11.7. The number of pyridine rings is 2. The smallest absolute Gasteiger partial charge is 0.237 e. The van der Waals surface area contributed by atoms with Crippen LogP contribution < -0.4 is 10.1 Å². The molecule has 0 spiro atoms. The van der Waals surface area contributed by atoms with Gasteiger partial charge >= 0.3 is 0 Å². The number of aromatic nitrogens is 2. The zero-order valence-electron chi connectivity index (χ0n) is 13.2. The third-order valence-corrected chi connectivity index (χ3v) is 3.00. The molecule has 122 valence electrons. The summed E-state index contributed by atoms with van der Waals surface area (Å²) in [6.07, 6.45) is 0.976. The van der Waals surface area contributed by atoms with Gasteiger partial charge in [-0.3, -0.25) is 0 Å². The van der Waals surface area contributed by atoms with E-state index < -0.39 is 12.3 Å². The molecule has 2 aromatic rings. The van der Waals surface area contributed by atoms with Crippen LogP contribution in [-0.2, 0) is 9.47 Å². The van der Waals surface area contributed by atoms with Crippen molar-refractivity contribution in [3.63, 3.8) is 0 Å². The second-order valence-corrected chi connectivity index (χ2v) is 4.43. The van der Waals surface area contributed by atoms with Gasteiger partial charge in [-0.2, -0.15) is 6.07 Å². The van der Waals surface area contributed by atoms with Crippen molar-refractivity contribution < 1.29 is 14.3 Å². The first kappa shape index (κ1) is 16.7. The van der Waals surface area contributed by atoms with E-state index in [4.69, 9.17) is 9.47 Å². The highest BCUT2D eigenvalue weighted by Gasteiger charge is 2.05. The molecule has 0 aromatic carbocycles. The van der Waals surface area contributed by atoms with E-state index in [9.17, 15) is 4.79 Å². The minimum atomic E-state index is -0.600. The number of urea groups is 1. The Morgan fingerprint density at radius 2 is 2.13 bits per heavy atom. The summed E-state index contributed by atoms with van der Waals surface area (Å²) in [6, 6.07) is 9.93. The highest BCUT2D eigenvalue weighted by atomic mass is 16.7. The molecular formula is C16H18N4O3-2. The first-order valence-corrected chi connectivity index (χ1v) is 6.97. The van der Waals surface area contributed by atoms with E-state index >= 15 is 0 Å². The van der Waals surface area contributed by atoms with Gasteiger partial charge in [0, 0.05) is 26.1 Å². The Balaban J connectivity index is 2.36. The van der Waals surface area contributed by atoms with E-state index in [1.54, 1.807) is 56.1 Å². The summed E-state index contributed by atoms with van der Waals surface area (Å²) >= 11 is 0. The Labute approximate surface area is 134 Å². The molecule has 0 fully saturated rings. The van der Waals surface area contributed by atoms with Crippen LogP contribution in [0.2, 0.25) is 0 Å². The molecule has 0 aliphatic carbocycles. The Hall–Kier alpha value is -2.64. The second kappa shape index (κ2) is 8.11. The lowest BCUT2D eigenvalue weighted by molar-refractivity contribution is -0.108. The molecule has 0 atom stereocenters. The molecule has 0 saturated carbocycles. The summed E-state index contributed by atoms with van der Waals surface area (Å²) in [5.74, 6) is 0.340. The van der Waals surface area contributed by atoms with Gasteiger partial charge in [0.15, 0.2) is 6.29 Å². The molecule has 0 aliphatic rings. The number of ether oxygens (including phenoxy) is 2. The predicted octanol–water partition coefficient (Wildman–Crippen LogP) is 2.27. The van der Waals surface area contributed by atoms with Crippen molar-refractivity contribution in [3.8, 4) is 0 Å². The zero-order valence-corrected chi connectivity index (χ0v) is 13.2. The quantitative estimate of drug-likeness (QED) is 0.480. The highest BCUT2D eigenvalue weighted by Crippen LogP contribution is 2.14. The average molecular weight is 314 g/mol. The summed E-state index contributed by atoms with van der Waals surface area (Å²) in [7, 11) is 3.04. The lowest BCUT2D eigenvalue weighted by Gasteiger charge is -2.22. The SMILES string of the molecule is C[CH-][N+](C(=O)[N-]c1ccccn1)=c1cc[cH-]c(C(OC)OC)n1. The highest BCUT2D eigenvalue weighted by molar-refractivity contribution is 5.95. The van der Waals surface area contributed by atoms with Crippen LogP contribution in [0.4, 0.5) is 10.6 Å². The molecule has 2 rings (SSSR count). The van der Waals surface area contributed by atoms with E-state index in [1.165, 1.54) is 18.8 Å². The fourth-order valence-electron chi connectivity index (χ4n) is 1.96. The van der Waals surface area contributed by atoms with Gasteiger partial charge in [-0.05, 0) is 12.1 Å². The molecular weight excluding hydrogens is 296 g/mol. The molecule has 0 radical (unpaired) electrons. The van der Waals surface area contributed by atoms with Crippen LogP contribution in [0.5, 0.6) is 0 Å². The second-order valence-electron chi connectivity index (χ2n) is 4.43. The van der Waals surface area contributed by atoms with E-state index in [2.05, 4.69) is 15.3 Å². The summed E-state index contributed by atoms with van der Waals surface area (Å²) in [4.78, 5) is 20.8. The summed E-state index contributed by atoms with van der Waals surface area (Å²) in [5.41, 5.74) is 0.985. The van der Waals surface area contributed by atoms with Gasteiger partial charge in [-0.25, -0.2) is 22.4 Å². The maximum Gasteiger partial charge on any atom is 0.237 e. The van der Waals surface area contributed by atoms with Crippen LogP contribution in [0.25, 0.3) is 5.32 Å². The molecule has 23 heavy (non-hydrogen) atoms. The van der Waals surface area contributed by atoms with E-state index in [-0.39, 0.29) is 0 Å². The van der Waals surface area contributed by atoms with Gasteiger partial charge in [0.2, 0.25) is 6.03 Å². The Bertz CT molecular complexity index is 709. The van der Waals surface area contributed by atoms with Crippen molar-refractivity contribution in [1.82, 2.24) is 14.5 Å². The Kier molecular flexibility index (Phi) is 5.90. The number of carbonyl (C=O) groups excluding carboxylic acids is 1. The number of carbonyl (C=O) groups is 1. The van der Waals surface area contributed by atoms with Crippen LogP contribution in [0.3, 0.4) is 0 Å². The van der Waals surface area contributed by atoms with Crippen molar-refractivity contribution in [3.05, 3.63) is 65.6 Å². The number of methoxy groups -OCH3 is 2. The number of hydrogen-bond donors (Lipinski definition) is 0. The number of rotatable bonds is 5. The lowest BCUT2D eigenvalue weighted by atomic mass is 10.3. The minimum Gasteiger partial charge on any atom is -0.431 e. The third-order valence-electron chi connectivity index (χ3n) is 3.00. The number of amides is 2. The third kappa shape index (κ3) is 4.18. The van der Waals surface area contributed by atoms with Gasteiger partial charge in [-0.15, -0.1) is 6.54 Å².